The number of aromatic nitrogens is 3. The van der Waals surface area contributed by atoms with E-state index in [9.17, 15) is 0 Å². The quantitative estimate of drug-likeness (QED) is 0.916. The Morgan fingerprint density at radius 1 is 1.39 bits per heavy atom. The van der Waals surface area contributed by atoms with E-state index in [0.717, 1.165) is 29.0 Å². The number of hydrogen-bond donors (Lipinski definition) is 1. The molecule has 0 bridgehead atoms. The first-order chi connectivity index (χ1) is 8.52. The lowest BCUT2D eigenvalue weighted by atomic mass is 10.2. The van der Waals surface area contributed by atoms with E-state index in [1.54, 1.807) is 6.20 Å². The third-order valence-corrected chi connectivity index (χ3v) is 4.51. The van der Waals surface area contributed by atoms with Gasteiger partial charge in [-0.1, -0.05) is 0 Å². The van der Waals surface area contributed by atoms with Crippen molar-refractivity contribution in [3.8, 4) is 0 Å². The molecule has 2 rings (SSSR count). The van der Waals surface area contributed by atoms with Gasteiger partial charge < -0.3 is 5.32 Å². The lowest BCUT2D eigenvalue weighted by Crippen LogP contribution is -2.31. The number of thioether (sulfide) groups is 1. The first kappa shape index (κ1) is 13.8. The van der Waals surface area contributed by atoms with Gasteiger partial charge in [-0.05, 0) is 36.0 Å². The van der Waals surface area contributed by atoms with E-state index in [2.05, 4.69) is 55.7 Å². The van der Waals surface area contributed by atoms with Crippen molar-refractivity contribution in [3.05, 3.63) is 28.9 Å². The van der Waals surface area contributed by atoms with Crippen LogP contribution in [-0.2, 0) is 6.54 Å². The zero-order valence-corrected chi connectivity index (χ0v) is 13.2. The minimum atomic E-state index is 0.253. The zero-order valence-electron chi connectivity index (χ0n) is 10.8. The van der Waals surface area contributed by atoms with E-state index >= 15 is 0 Å². The number of halogens is 1. The van der Waals surface area contributed by atoms with Crippen molar-refractivity contribution in [2.24, 2.45) is 0 Å². The zero-order chi connectivity index (χ0) is 13.2. The largest absolute Gasteiger partial charge is 0.310 e. The average molecular weight is 329 g/mol. The Hall–Kier alpha value is -0.590. The molecule has 0 radical (unpaired) electrons. The summed E-state index contributed by atoms with van der Waals surface area (Å²) in [6, 6.07) is 0. The van der Waals surface area contributed by atoms with Gasteiger partial charge in [0, 0.05) is 24.0 Å². The molecule has 0 aliphatic rings. The molecule has 0 saturated carbocycles. The van der Waals surface area contributed by atoms with Gasteiger partial charge in [0.2, 0.25) is 0 Å². The standard InChI is InChI=1S/C12H17BrN4S/c1-12(2,18-3)8-14-4-9-5-16-11-6-15-10(13)7-17(9)11/h5-7,14H,4,8H2,1-3H3. The second-order valence-electron chi connectivity index (χ2n) is 4.76. The highest BCUT2D eigenvalue weighted by atomic mass is 79.9. The molecule has 0 amide bonds. The Kier molecular flexibility index (Phi) is 4.29. The van der Waals surface area contributed by atoms with Crippen molar-refractivity contribution in [2.45, 2.75) is 25.1 Å². The fraction of sp³-hybridized carbons (Fsp3) is 0.500. The smallest absolute Gasteiger partial charge is 0.155 e. The van der Waals surface area contributed by atoms with E-state index in [-0.39, 0.29) is 4.75 Å². The Bertz CT molecular complexity index is 538. The summed E-state index contributed by atoms with van der Waals surface area (Å²) in [7, 11) is 0. The highest BCUT2D eigenvalue weighted by Gasteiger charge is 2.15. The molecule has 1 N–H and O–H groups in total. The van der Waals surface area contributed by atoms with Gasteiger partial charge in [0.05, 0.1) is 18.1 Å². The van der Waals surface area contributed by atoms with Crippen LogP contribution in [0.5, 0.6) is 0 Å². The molecule has 0 unspecified atom stereocenters. The second kappa shape index (κ2) is 5.59. The summed E-state index contributed by atoms with van der Waals surface area (Å²) < 4.78 is 3.12. The molecular formula is C12H17BrN4S. The molecule has 0 aliphatic carbocycles. The highest BCUT2D eigenvalue weighted by Crippen LogP contribution is 2.19. The van der Waals surface area contributed by atoms with Gasteiger partial charge in [-0.3, -0.25) is 4.40 Å². The third kappa shape index (κ3) is 3.24. The highest BCUT2D eigenvalue weighted by molar-refractivity contribution is 9.10. The van der Waals surface area contributed by atoms with Crippen LogP contribution < -0.4 is 5.32 Å². The van der Waals surface area contributed by atoms with Crippen LogP contribution in [0.4, 0.5) is 0 Å². The van der Waals surface area contributed by atoms with E-state index in [1.165, 1.54) is 0 Å². The van der Waals surface area contributed by atoms with Crippen molar-refractivity contribution in [3.63, 3.8) is 0 Å². The molecule has 0 fully saturated rings. The van der Waals surface area contributed by atoms with Gasteiger partial charge in [-0.15, -0.1) is 0 Å². The Labute approximate surface area is 120 Å². The lowest BCUT2D eigenvalue weighted by Gasteiger charge is -2.22. The molecule has 6 heteroatoms. The normalized spacial score (nSPS) is 12.2. The van der Waals surface area contributed by atoms with Crippen molar-refractivity contribution < 1.29 is 0 Å². The predicted molar refractivity (Wildman–Crippen MR) is 80.0 cm³/mol. The number of nitrogens with zero attached hydrogens (tertiary/aromatic N) is 3. The summed E-state index contributed by atoms with van der Waals surface area (Å²) in [6.07, 6.45) is 7.74. The maximum atomic E-state index is 4.33. The molecule has 0 aromatic carbocycles. The molecule has 0 saturated heterocycles. The van der Waals surface area contributed by atoms with Gasteiger partial charge in [-0.2, -0.15) is 11.8 Å². The molecular weight excluding hydrogens is 312 g/mol. The van der Waals surface area contributed by atoms with E-state index < -0.39 is 0 Å². The van der Waals surface area contributed by atoms with Crippen LogP contribution >= 0.6 is 27.7 Å². The van der Waals surface area contributed by atoms with Crippen LogP contribution in [0.25, 0.3) is 5.65 Å². The average Bonchev–Trinajstić information content (AvgIpc) is 2.72. The molecule has 2 heterocycles. The van der Waals surface area contributed by atoms with Crippen molar-refractivity contribution in [1.29, 1.82) is 0 Å². The summed E-state index contributed by atoms with van der Waals surface area (Å²) in [5, 5.41) is 3.47. The summed E-state index contributed by atoms with van der Waals surface area (Å²) in [6.45, 7) is 6.24. The molecule has 4 nitrogen and oxygen atoms in total. The SMILES string of the molecule is CSC(C)(C)CNCc1cnc2cnc(Br)cn12. The maximum absolute atomic E-state index is 4.33. The lowest BCUT2D eigenvalue weighted by molar-refractivity contribution is 0.583. The fourth-order valence-electron chi connectivity index (χ4n) is 1.61. The molecule has 2 aromatic rings. The second-order valence-corrected chi connectivity index (χ2v) is 7.08. The molecule has 98 valence electrons. The number of rotatable bonds is 5. The van der Waals surface area contributed by atoms with Crippen LogP contribution in [0.2, 0.25) is 0 Å². The van der Waals surface area contributed by atoms with E-state index in [4.69, 9.17) is 0 Å². The van der Waals surface area contributed by atoms with Gasteiger partial charge in [0.1, 0.15) is 4.60 Å². The predicted octanol–water partition coefficient (Wildman–Crippen LogP) is 2.72. The number of imidazole rings is 1. The minimum absolute atomic E-state index is 0.253. The summed E-state index contributed by atoms with van der Waals surface area (Å²) in [5.41, 5.74) is 2.02. The number of hydrogen-bond acceptors (Lipinski definition) is 4. The topological polar surface area (TPSA) is 42.2 Å². The van der Waals surface area contributed by atoms with Crippen molar-refractivity contribution in [1.82, 2.24) is 19.7 Å². The van der Waals surface area contributed by atoms with Crippen LogP contribution in [0, 0.1) is 0 Å². The summed E-state index contributed by atoms with van der Waals surface area (Å²) >= 11 is 5.25. The van der Waals surface area contributed by atoms with Gasteiger partial charge in [0.15, 0.2) is 5.65 Å². The Morgan fingerprint density at radius 2 is 2.17 bits per heavy atom. The molecule has 0 aliphatic heterocycles. The molecule has 18 heavy (non-hydrogen) atoms. The molecule has 0 spiro atoms. The minimum Gasteiger partial charge on any atom is -0.310 e. The van der Waals surface area contributed by atoms with Crippen LogP contribution in [0.3, 0.4) is 0 Å². The van der Waals surface area contributed by atoms with E-state index in [1.807, 2.05) is 24.2 Å². The Morgan fingerprint density at radius 3 is 2.89 bits per heavy atom. The van der Waals surface area contributed by atoms with Gasteiger partial charge in [-0.25, -0.2) is 9.97 Å². The Balaban J connectivity index is 2.06. The summed E-state index contributed by atoms with van der Waals surface area (Å²) in [4.78, 5) is 8.49. The monoisotopic (exact) mass is 328 g/mol. The molecule has 0 atom stereocenters. The molecule has 2 aromatic heterocycles. The van der Waals surface area contributed by atoms with Crippen LogP contribution in [-0.4, -0.2) is 31.9 Å². The first-order valence-corrected chi connectivity index (χ1v) is 7.77. The van der Waals surface area contributed by atoms with Crippen molar-refractivity contribution >= 4 is 33.3 Å². The van der Waals surface area contributed by atoms with E-state index in [0.29, 0.717) is 0 Å². The van der Waals surface area contributed by atoms with Crippen LogP contribution in [0.15, 0.2) is 23.2 Å². The van der Waals surface area contributed by atoms with Crippen LogP contribution in [0.1, 0.15) is 19.5 Å². The number of fused-ring (bicyclic) bond motifs is 1. The maximum Gasteiger partial charge on any atom is 0.155 e. The number of nitrogens with one attached hydrogen (secondary N) is 1. The van der Waals surface area contributed by atoms with Gasteiger partial charge in [0.25, 0.3) is 0 Å². The van der Waals surface area contributed by atoms with Gasteiger partial charge >= 0.3 is 0 Å². The summed E-state index contributed by atoms with van der Waals surface area (Å²) in [5.74, 6) is 0. The first-order valence-electron chi connectivity index (χ1n) is 5.75. The third-order valence-electron chi connectivity index (χ3n) is 2.85. The van der Waals surface area contributed by atoms with Crippen molar-refractivity contribution in [2.75, 3.05) is 12.8 Å². The fourth-order valence-corrected chi connectivity index (χ4v) is 2.16.